The first-order valence-electron chi connectivity index (χ1n) is 5.01. The summed E-state index contributed by atoms with van der Waals surface area (Å²) >= 11 is 0. The second-order valence-electron chi connectivity index (χ2n) is 3.62. The van der Waals surface area contributed by atoms with Gasteiger partial charge in [-0.15, -0.1) is 0 Å². The largest absolute Gasteiger partial charge is 0.360 e. The number of nitrogens with zero attached hydrogens (tertiary/aromatic N) is 1. The number of nitrogens with one attached hydrogen (secondary N) is 1. The number of rotatable bonds is 2. The Bertz CT molecular complexity index is 447. The molecule has 1 aromatic carbocycles. The van der Waals surface area contributed by atoms with Crippen molar-refractivity contribution in [3.8, 4) is 0 Å². The van der Waals surface area contributed by atoms with Crippen LogP contribution in [0, 0.1) is 13.8 Å². The molecule has 0 spiro atoms. The Balaban J connectivity index is 2.32. The number of benzene rings is 1. The van der Waals surface area contributed by atoms with Crippen LogP contribution in [0.4, 0.5) is 5.69 Å². The lowest BCUT2D eigenvalue weighted by Crippen LogP contribution is -1.83. The van der Waals surface area contributed by atoms with Gasteiger partial charge in [0.25, 0.3) is 0 Å². The van der Waals surface area contributed by atoms with Crippen LogP contribution in [-0.2, 0) is 0 Å². The zero-order valence-corrected chi connectivity index (χ0v) is 8.99. The van der Waals surface area contributed by atoms with E-state index in [9.17, 15) is 0 Å². The number of H-pyrrole nitrogens is 1. The summed E-state index contributed by atoms with van der Waals surface area (Å²) in [5, 5.41) is 0. The number of aromatic amines is 1. The minimum absolute atomic E-state index is 1.03. The zero-order valence-electron chi connectivity index (χ0n) is 8.99. The van der Waals surface area contributed by atoms with Crippen LogP contribution < -0.4 is 0 Å². The molecule has 0 atom stereocenters. The lowest BCUT2D eigenvalue weighted by atomic mass is 10.1. The lowest BCUT2D eigenvalue weighted by Gasteiger charge is -2.02. The van der Waals surface area contributed by atoms with E-state index in [4.69, 9.17) is 0 Å². The molecule has 2 nitrogen and oxygen atoms in total. The summed E-state index contributed by atoms with van der Waals surface area (Å²) in [5.41, 5.74) is 4.50. The summed E-state index contributed by atoms with van der Waals surface area (Å²) in [7, 11) is 0. The van der Waals surface area contributed by atoms with Gasteiger partial charge in [0.2, 0.25) is 0 Å². The maximum atomic E-state index is 4.49. The normalized spacial score (nSPS) is 11.1. The first kappa shape index (κ1) is 9.71. The third kappa shape index (κ3) is 2.15. The Morgan fingerprint density at radius 1 is 1.07 bits per heavy atom. The van der Waals surface area contributed by atoms with Crippen LogP contribution in [0.25, 0.3) is 0 Å². The molecule has 1 N–H and O–H groups in total. The second kappa shape index (κ2) is 4.13. The minimum Gasteiger partial charge on any atom is -0.360 e. The molecule has 0 fully saturated rings. The Hall–Kier alpha value is -1.83. The summed E-state index contributed by atoms with van der Waals surface area (Å²) in [4.78, 5) is 7.59. The van der Waals surface area contributed by atoms with Gasteiger partial charge in [0.05, 0.1) is 17.6 Å². The highest BCUT2D eigenvalue weighted by Crippen LogP contribution is 2.22. The van der Waals surface area contributed by atoms with E-state index >= 15 is 0 Å². The van der Waals surface area contributed by atoms with E-state index in [2.05, 4.69) is 42.0 Å². The average molecular weight is 198 g/mol. The lowest BCUT2D eigenvalue weighted by molar-refractivity contribution is 1.32. The smallest absolute Gasteiger partial charge is 0.0688 e. The van der Waals surface area contributed by atoms with E-state index in [1.54, 1.807) is 0 Å². The molecule has 15 heavy (non-hydrogen) atoms. The Morgan fingerprint density at radius 3 is 2.40 bits per heavy atom. The van der Waals surface area contributed by atoms with Crippen molar-refractivity contribution in [3.05, 3.63) is 53.3 Å². The van der Waals surface area contributed by atoms with E-state index in [0.717, 1.165) is 11.4 Å². The number of hydrogen-bond donors (Lipinski definition) is 1. The molecule has 2 heteroatoms. The molecular formula is C13H14N2. The SMILES string of the molecule is Cc1cccc(C)c1/N=C/c1ccc[nH]1. The molecule has 0 aliphatic carbocycles. The van der Waals surface area contributed by atoms with Gasteiger partial charge in [0.15, 0.2) is 0 Å². The van der Waals surface area contributed by atoms with Crippen LogP contribution in [0.5, 0.6) is 0 Å². The molecule has 0 unspecified atom stereocenters. The molecule has 0 bridgehead atoms. The van der Waals surface area contributed by atoms with E-state index < -0.39 is 0 Å². The van der Waals surface area contributed by atoms with Crippen molar-refractivity contribution in [1.82, 2.24) is 4.98 Å². The highest BCUT2D eigenvalue weighted by molar-refractivity contribution is 5.80. The summed E-state index contributed by atoms with van der Waals surface area (Å²) in [6.07, 6.45) is 3.75. The first-order valence-corrected chi connectivity index (χ1v) is 5.01. The van der Waals surface area contributed by atoms with Crippen LogP contribution in [0.1, 0.15) is 16.8 Å². The Morgan fingerprint density at radius 2 is 1.80 bits per heavy atom. The number of aliphatic imine (C=N–C) groups is 1. The van der Waals surface area contributed by atoms with Crippen LogP contribution in [0.3, 0.4) is 0 Å². The van der Waals surface area contributed by atoms with E-state index in [1.165, 1.54) is 11.1 Å². The quantitative estimate of drug-likeness (QED) is 0.716. The third-order valence-electron chi connectivity index (χ3n) is 2.39. The van der Waals surface area contributed by atoms with Gasteiger partial charge in [-0.05, 0) is 37.1 Å². The van der Waals surface area contributed by atoms with Gasteiger partial charge in [-0.1, -0.05) is 18.2 Å². The van der Waals surface area contributed by atoms with Gasteiger partial charge >= 0.3 is 0 Å². The molecule has 0 saturated carbocycles. The van der Waals surface area contributed by atoms with Crippen molar-refractivity contribution in [1.29, 1.82) is 0 Å². The molecule has 0 aliphatic heterocycles. The van der Waals surface area contributed by atoms with Gasteiger partial charge in [0.1, 0.15) is 0 Å². The minimum atomic E-state index is 1.03. The van der Waals surface area contributed by atoms with Gasteiger partial charge in [-0.2, -0.15) is 0 Å². The third-order valence-corrected chi connectivity index (χ3v) is 2.39. The summed E-state index contributed by atoms with van der Waals surface area (Å²) < 4.78 is 0. The predicted octanol–water partition coefficient (Wildman–Crippen LogP) is 3.38. The van der Waals surface area contributed by atoms with Crippen molar-refractivity contribution in [3.63, 3.8) is 0 Å². The van der Waals surface area contributed by atoms with Crippen molar-refractivity contribution in [2.24, 2.45) is 4.99 Å². The summed E-state index contributed by atoms with van der Waals surface area (Å²) in [6.45, 7) is 4.16. The van der Waals surface area contributed by atoms with Crippen molar-refractivity contribution < 1.29 is 0 Å². The van der Waals surface area contributed by atoms with Crippen molar-refractivity contribution in [2.75, 3.05) is 0 Å². The fourth-order valence-corrected chi connectivity index (χ4v) is 1.57. The van der Waals surface area contributed by atoms with Gasteiger partial charge < -0.3 is 4.98 Å². The monoisotopic (exact) mass is 198 g/mol. The Labute approximate surface area is 89.7 Å². The van der Waals surface area contributed by atoms with E-state index in [-0.39, 0.29) is 0 Å². The Kier molecular flexibility index (Phi) is 2.68. The van der Waals surface area contributed by atoms with E-state index in [0.29, 0.717) is 0 Å². The second-order valence-corrected chi connectivity index (χ2v) is 3.62. The highest BCUT2D eigenvalue weighted by atomic mass is 14.8. The van der Waals surface area contributed by atoms with Gasteiger partial charge in [-0.25, -0.2) is 0 Å². The molecule has 0 amide bonds. The molecule has 2 rings (SSSR count). The van der Waals surface area contributed by atoms with Crippen LogP contribution in [0.15, 0.2) is 41.5 Å². The highest BCUT2D eigenvalue weighted by Gasteiger charge is 1.98. The molecule has 0 radical (unpaired) electrons. The van der Waals surface area contributed by atoms with Crippen LogP contribution in [0.2, 0.25) is 0 Å². The average Bonchev–Trinajstić information content (AvgIpc) is 2.70. The maximum Gasteiger partial charge on any atom is 0.0688 e. The molecular weight excluding hydrogens is 184 g/mol. The number of aryl methyl sites for hydroxylation is 2. The molecule has 1 heterocycles. The molecule has 2 aromatic rings. The van der Waals surface area contributed by atoms with Crippen LogP contribution >= 0.6 is 0 Å². The number of para-hydroxylation sites is 1. The first-order chi connectivity index (χ1) is 7.27. The van der Waals surface area contributed by atoms with Crippen molar-refractivity contribution in [2.45, 2.75) is 13.8 Å². The topological polar surface area (TPSA) is 28.1 Å². The maximum absolute atomic E-state index is 4.49. The molecule has 0 aliphatic rings. The standard InChI is InChI=1S/C13H14N2/c1-10-5-3-6-11(2)13(10)15-9-12-7-4-8-14-12/h3-9,14H,1-2H3/b15-9+. The fourth-order valence-electron chi connectivity index (χ4n) is 1.57. The predicted molar refractivity (Wildman–Crippen MR) is 64.0 cm³/mol. The fraction of sp³-hybridized carbons (Fsp3) is 0.154. The number of hydrogen-bond acceptors (Lipinski definition) is 1. The molecule has 76 valence electrons. The van der Waals surface area contributed by atoms with Gasteiger partial charge in [-0.3, -0.25) is 4.99 Å². The zero-order chi connectivity index (χ0) is 10.7. The number of aromatic nitrogens is 1. The molecule has 1 aromatic heterocycles. The molecule has 0 saturated heterocycles. The van der Waals surface area contributed by atoms with Crippen molar-refractivity contribution >= 4 is 11.9 Å². The van der Waals surface area contributed by atoms with E-state index in [1.807, 2.05) is 24.5 Å². The van der Waals surface area contributed by atoms with Gasteiger partial charge in [0, 0.05) is 6.20 Å². The summed E-state index contributed by atoms with van der Waals surface area (Å²) in [6, 6.07) is 10.2. The summed E-state index contributed by atoms with van der Waals surface area (Å²) in [5.74, 6) is 0. The van der Waals surface area contributed by atoms with Crippen LogP contribution in [-0.4, -0.2) is 11.2 Å².